The largest absolute Gasteiger partial charge is 0.496 e. The summed E-state index contributed by atoms with van der Waals surface area (Å²) in [6.07, 6.45) is 4.60. The lowest BCUT2D eigenvalue weighted by molar-refractivity contribution is 0.404. The number of hydrogen-bond donors (Lipinski definition) is 0. The van der Waals surface area contributed by atoms with Gasteiger partial charge in [-0.3, -0.25) is 0 Å². The Morgan fingerprint density at radius 2 is 2.06 bits per heavy atom. The van der Waals surface area contributed by atoms with E-state index in [0.29, 0.717) is 10.2 Å². The van der Waals surface area contributed by atoms with Crippen LogP contribution in [0.4, 0.5) is 4.39 Å². The molecule has 17 heavy (non-hydrogen) atoms. The molecule has 0 heterocycles. The van der Waals surface area contributed by atoms with Crippen molar-refractivity contribution >= 4 is 31.9 Å². The molecule has 1 atom stereocenters. The Bertz CT molecular complexity index is 369. The van der Waals surface area contributed by atoms with Gasteiger partial charge in [0, 0.05) is 16.5 Å². The Balaban J connectivity index is 2.84. The van der Waals surface area contributed by atoms with Gasteiger partial charge < -0.3 is 4.74 Å². The summed E-state index contributed by atoms with van der Waals surface area (Å²) in [7, 11) is 1.57. The lowest BCUT2D eigenvalue weighted by atomic mass is 10.1. The maximum absolute atomic E-state index is 13.4. The minimum absolute atomic E-state index is 0.209. The van der Waals surface area contributed by atoms with Crippen LogP contribution in [0.3, 0.4) is 0 Å². The van der Waals surface area contributed by atoms with Crippen LogP contribution in [-0.2, 0) is 0 Å². The van der Waals surface area contributed by atoms with E-state index in [2.05, 4.69) is 38.8 Å². The molecule has 4 heteroatoms. The van der Waals surface area contributed by atoms with Crippen LogP contribution in [0.25, 0.3) is 0 Å². The Kier molecular flexibility index (Phi) is 6.49. The van der Waals surface area contributed by atoms with E-state index in [1.807, 2.05) is 0 Å². The van der Waals surface area contributed by atoms with E-state index in [1.54, 1.807) is 13.2 Å². The number of alkyl halides is 1. The summed E-state index contributed by atoms with van der Waals surface area (Å²) in [4.78, 5) is 0.209. The van der Waals surface area contributed by atoms with Gasteiger partial charge in [0.25, 0.3) is 0 Å². The first-order chi connectivity index (χ1) is 8.10. The molecule has 1 aromatic carbocycles. The van der Waals surface area contributed by atoms with Crippen molar-refractivity contribution < 1.29 is 9.13 Å². The van der Waals surface area contributed by atoms with Crippen LogP contribution in [0, 0.1) is 5.82 Å². The number of hydrogen-bond acceptors (Lipinski definition) is 1. The van der Waals surface area contributed by atoms with E-state index in [9.17, 15) is 4.39 Å². The van der Waals surface area contributed by atoms with Gasteiger partial charge in [-0.1, -0.05) is 42.1 Å². The summed E-state index contributed by atoms with van der Waals surface area (Å²) in [5, 5.41) is 0. The summed E-state index contributed by atoms with van der Waals surface area (Å²) in [6.45, 7) is 2.18. The average molecular weight is 368 g/mol. The zero-order chi connectivity index (χ0) is 12.8. The molecule has 0 amide bonds. The third-order valence-electron chi connectivity index (χ3n) is 2.67. The maximum Gasteiger partial charge on any atom is 0.141 e. The molecule has 0 aliphatic rings. The maximum atomic E-state index is 13.4. The van der Waals surface area contributed by atoms with Crippen molar-refractivity contribution in [3.63, 3.8) is 0 Å². The predicted molar refractivity (Wildman–Crippen MR) is 76.5 cm³/mol. The minimum atomic E-state index is -0.293. The van der Waals surface area contributed by atoms with Crippen molar-refractivity contribution in [1.29, 1.82) is 0 Å². The van der Waals surface area contributed by atoms with Crippen LogP contribution in [0.2, 0.25) is 0 Å². The topological polar surface area (TPSA) is 9.23 Å². The van der Waals surface area contributed by atoms with Crippen LogP contribution in [-0.4, -0.2) is 7.11 Å². The van der Waals surface area contributed by atoms with Crippen molar-refractivity contribution in [2.24, 2.45) is 0 Å². The minimum Gasteiger partial charge on any atom is -0.496 e. The van der Waals surface area contributed by atoms with Crippen molar-refractivity contribution in [3.8, 4) is 5.75 Å². The van der Waals surface area contributed by atoms with E-state index >= 15 is 0 Å². The van der Waals surface area contributed by atoms with Crippen molar-refractivity contribution in [1.82, 2.24) is 0 Å². The molecular weight excluding hydrogens is 351 g/mol. The molecule has 0 aliphatic carbocycles. The molecule has 0 saturated carbocycles. The first kappa shape index (κ1) is 15.0. The van der Waals surface area contributed by atoms with Gasteiger partial charge in [-0.15, -0.1) is 0 Å². The van der Waals surface area contributed by atoms with E-state index in [0.717, 1.165) is 18.4 Å². The van der Waals surface area contributed by atoms with Crippen LogP contribution in [0.5, 0.6) is 5.75 Å². The second-order valence-electron chi connectivity index (χ2n) is 3.97. The molecular formula is C13H17Br2FO. The third kappa shape index (κ3) is 4.25. The fourth-order valence-corrected chi connectivity index (χ4v) is 2.74. The summed E-state index contributed by atoms with van der Waals surface area (Å²) >= 11 is 6.85. The SMILES string of the molecule is CCCCCC(Br)c1cc(Br)c(F)cc1OC. The monoisotopic (exact) mass is 366 g/mol. The summed E-state index contributed by atoms with van der Waals surface area (Å²) < 4.78 is 19.1. The number of halogens is 3. The highest BCUT2D eigenvalue weighted by Crippen LogP contribution is 2.37. The summed E-state index contributed by atoms with van der Waals surface area (Å²) in [5.41, 5.74) is 0.997. The number of methoxy groups -OCH3 is 1. The average Bonchev–Trinajstić information content (AvgIpc) is 2.32. The molecule has 0 spiro atoms. The Labute approximate surface area is 119 Å². The second-order valence-corrected chi connectivity index (χ2v) is 5.93. The third-order valence-corrected chi connectivity index (χ3v) is 4.23. The molecule has 0 fully saturated rings. The Morgan fingerprint density at radius 1 is 1.35 bits per heavy atom. The van der Waals surface area contributed by atoms with Crippen LogP contribution >= 0.6 is 31.9 Å². The van der Waals surface area contributed by atoms with Gasteiger partial charge in [-0.2, -0.15) is 0 Å². The Morgan fingerprint density at radius 3 is 2.65 bits per heavy atom. The summed E-state index contributed by atoms with van der Waals surface area (Å²) in [6, 6.07) is 3.22. The number of ether oxygens (including phenoxy) is 1. The molecule has 1 rings (SSSR count). The lowest BCUT2D eigenvalue weighted by Gasteiger charge is -2.15. The van der Waals surface area contributed by atoms with Crippen molar-refractivity contribution in [2.45, 2.75) is 37.4 Å². The molecule has 96 valence electrons. The number of rotatable bonds is 6. The second kappa shape index (κ2) is 7.37. The fourth-order valence-electron chi connectivity index (χ4n) is 1.69. The molecule has 1 nitrogen and oxygen atoms in total. The number of benzene rings is 1. The highest BCUT2D eigenvalue weighted by Gasteiger charge is 2.15. The highest BCUT2D eigenvalue weighted by molar-refractivity contribution is 9.10. The molecule has 0 N–H and O–H groups in total. The van der Waals surface area contributed by atoms with Crippen molar-refractivity contribution in [2.75, 3.05) is 7.11 Å². The summed E-state index contributed by atoms with van der Waals surface area (Å²) in [5.74, 6) is 0.308. The molecule has 0 bridgehead atoms. The van der Waals surface area contributed by atoms with Crippen LogP contribution in [0.1, 0.15) is 43.0 Å². The molecule has 1 unspecified atom stereocenters. The van der Waals surface area contributed by atoms with Crippen molar-refractivity contribution in [3.05, 3.63) is 28.0 Å². The van der Waals surface area contributed by atoms with Gasteiger partial charge >= 0.3 is 0 Å². The lowest BCUT2D eigenvalue weighted by Crippen LogP contribution is -1.97. The zero-order valence-corrected chi connectivity index (χ0v) is 13.3. The smallest absolute Gasteiger partial charge is 0.141 e. The van der Waals surface area contributed by atoms with E-state index in [4.69, 9.17) is 4.74 Å². The zero-order valence-electron chi connectivity index (χ0n) is 10.1. The fraction of sp³-hybridized carbons (Fsp3) is 0.538. The van der Waals surface area contributed by atoms with Crippen LogP contribution < -0.4 is 4.74 Å². The standard InChI is InChI=1S/C13H17Br2FO/c1-3-4-5-6-10(14)9-7-11(15)12(16)8-13(9)17-2/h7-8,10H,3-6H2,1-2H3. The highest BCUT2D eigenvalue weighted by atomic mass is 79.9. The molecule has 1 aromatic rings. The molecule has 0 aromatic heterocycles. The van der Waals surface area contributed by atoms with Gasteiger partial charge in [0.05, 0.1) is 11.6 Å². The van der Waals surface area contributed by atoms with Gasteiger partial charge in [0.2, 0.25) is 0 Å². The van der Waals surface area contributed by atoms with Gasteiger partial charge in [0.1, 0.15) is 11.6 Å². The van der Waals surface area contributed by atoms with E-state index < -0.39 is 0 Å². The Hall–Kier alpha value is -0.0900. The van der Waals surface area contributed by atoms with Gasteiger partial charge in [-0.25, -0.2) is 4.39 Å². The van der Waals surface area contributed by atoms with Gasteiger partial charge in [-0.05, 0) is 28.4 Å². The molecule has 0 aliphatic heterocycles. The van der Waals surface area contributed by atoms with Crippen LogP contribution in [0.15, 0.2) is 16.6 Å². The van der Waals surface area contributed by atoms with E-state index in [1.165, 1.54) is 18.9 Å². The normalized spacial score (nSPS) is 12.5. The first-order valence-corrected chi connectivity index (χ1v) is 7.48. The quantitative estimate of drug-likeness (QED) is 0.468. The van der Waals surface area contributed by atoms with E-state index in [-0.39, 0.29) is 10.6 Å². The first-order valence-electron chi connectivity index (χ1n) is 5.77. The predicted octanol–water partition coefficient (Wildman–Crippen LogP) is 5.61. The van der Waals surface area contributed by atoms with Gasteiger partial charge in [0.15, 0.2) is 0 Å². The number of unbranched alkanes of at least 4 members (excludes halogenated alkanes) is 2. The molecule has 0 saturated heterocycles. The molecule has 0 radical (unpaired) electrons.